The fourth-order valence-corrected chi connectivity index (χ4v) is 2.32. The summed E-state index contributed by atoms with van der Waals surface area (Å²) in [7, 11) is 0. The van der Waals surface area contributed by atoms with Crippen LogP contribution in [0.2, 0.25) is 0 Å². The second-order valence-electron chi connectivity index (χ2n) is 7.12. The van der Waals surface area contributed by atoms with Crippen LogP contribution in [0, 0.1) is 0 Å². The fourth-order valence-electron chi connectivity index (χ4n) is 2.32. The first kappa shape index (κ1) is 21.1. The van der Waals surface area contributed by atoms with E-state index < -0.39 is 36.2 Å². The SMILES string of the molecule is CC(OC(=O)OC1CCCCC1)OC(=O)[C@H](C)NC(=O)OC(C)(C)C. The molecule has 2 atom stereocenters. The summed E-state index contributed by atoms with van der Waals surface area (Å²) in [5.74, 6) is -0.746. The van der Waals surface area contributed by atoms with Crippen LogP contribution in [0.5, 0.6) is 0 Å². The third-order valence-corrected chi connectivity index (χ3v) is 3.45. The number of rotatable bonds is 5. The molecule has 1 fully saturated rings. The van der Waals surface area contributed by atoms with E-state index in [1.807, 2.05) is 0 Å². The summed E-state index contributed by atoms with van der Waals surface area (Å²) < 4.78 is 20.1. The number of hydrogen-bond donors (Lipinski definition) is 1. The van der Waals surface area contributed by atoms with Crippen molar-refractivity contribution >= 4 is 18.2 Å². The van der Waals surface area contributed by atoms with Crippen LogP contribution in [0.25, 0.3) is 0 Å². The molecule has 1 saturated carbocycles. The van der Waals surface area contributed by atoms with Gasteiger partial charge in [-0.2, -0.15) is 0 Å². The topological polar surface area (TPSA) is 100 Å². The molecule has 0 aromatic rings. The van der Waals surface area contributed by atoms with Crippen molar-refractivity contribution in [3.63, 3.8) is 0 Å². The van der Waals surface area contributed by atoms with Crippen molar-refractivity contribution in [2.75, 3.05) is 0 Å². The second kappa shape index (κ2) is 9.48. The molecule has 1 aliphatic rings. The van der Waals surface area contributed by atoms with Crippen molar-refractivity contribution in [2.24, 2.45) is 0 Å². The smallest absolute Gasteiger partial charge is 0.444 e. The Morgan fingerprint density at radius 2 is 1.60 bits per heavy atom. The number of hydrogen-bond acceptors (Lipinski definition) is 7. The van der Waals surface area contributed by atoms with E-state index in [4.69, 9.17) is 18.9 Å². The maximum atomic E-state index is 11.9. The van der Waals surface area contributed by atoms with Crippen LogP contribution >= 0.6 is 0 Å². The predicted molar refractivity (Wildman–Crippen MR) is 88.8 cm³/mol. The molecule has 1 N–H and O–H groups in total. The van der Waals surface area contributed by atoms with Gasteiger partial charge in [-0.05, 0) is 53.4 Å². The molecule has 0 saturated heterocycles. The van der Waals surface area contributed by atoms with Gasteiger partial charge in [-0.25, -0.2) is 14.4 Å². The summed E-state index contributed by atoms with van der Waals surface area (Å²) in [4.78, 5) is 35.2. The summed E-state index contributed by atoms with van der Waals surface area (Å²) in [6.45, 7) is 7.98. The van der Waals surface area contributed by atoms with Crippen molar-refractivity contribution < 1.29 is 33.3 Å². The van der Waals surface area contributed by atoms with E-state index in [2.05, 4.69) is 5.32 Å². The van der Waals surface area contributed by atoms with E-state index in [0.29, 0.717) is 0 Å². The molecule has 0 spiro atoms. The van der Waals surface area contributed by atoms with Crippen molar-refractivity contribution in [1.29, 1.82) is 0 Å². The highest BCUT2D eigenvalue weighted by molar-refractivity contribution is 5.81. The minimum atomic E-state index is -1.12. The van der Waals surface area contributed by atoms with Gasteiger partial charge in [-0.3, -0.25) is 0 Å². The molecule has 0 bridgehead atoms. The van der Waals surface area contributed by atoms with Crippen molar-refractivity contribution in [3.8, 4) is 0 Å². The van der Waals surface area contributed by atoms with Gasteiger partial charge in [0.25, 0.3) is 0 Å². The average molecular weight is 359 g/mol. The fraction of sp³-hybridized carbons (Fsp3) is 0.824. The predicted octanol–water partition coefficient (Wildman–Crippen LogP) is 3.27. The van der Waals surface area contributed by atoms with Crippen LogP contribution in [-0.4, -0.2) is 42.3 Å². The minimum Gasteiger partial charge on any atom is -0.444 e. The molecule has 1 aliphatic carbocycles. The monoisotopic (exact) mass is 359 g/mol. The van der Waals surface area contributed by atoms with Gasteiger partial charge in [0.15, 0.2) is 0 Å². The molecule has 0 aromatic heterocycles. The van der Waals surface area contributed by atoms with Crippen molar-refractivity contribution in [3.05, 3.63) is 0 Å². The zero-order valence-electron chi connectivity index (χ0n) is 15.6. The van der Waals surface area contributed by atoms with Crippen LogP contribution in [0.3, 0.4) is 0 Å². The standard InChI is InChI=1S/C17H29NO7/c1-11(18-15(20)25-17(3,4)5)14(19)22-12(2)23-16(21)24-13-9-7-6-8-10-13/h11-13H,6-10H2,1-5H3,(H,18,20)/t11-,12?/m0/s1. The molecule has 0 heterocycles. The zero-order valence-corrected chi connectivity index (χ0v) is 15.6. The molecule has 0 radical (unpaired) electrons. The van der Waals surface area contributed by atoms with E-state index >= 15 is 0 Å². The average Bonchev–Trinajstić information content (AvgIpc) is 2.45. The Hall–Kier alpha value is -1.99. The summed E-state index contributed by atoms with van der Waals surface area (Å²) in [5, 5.41) is 2.35. The maximum absolute atomic E-state index is 11.9. The number of amides is 1. The summed E-state index contributed by atoms with van der Waals surface area (Å²) in [5.41, 5.74) is -0.674. The van der Waals surface area contributed by atoms with Crippen molar-refractivity contribution in [2.45, 2.75) is 90.8 Å². The molecular weight excluding hydrogens is 330 g/mol. The first-order chi connectivity index (χ1) is 11.6. The quantitative estimate of drug-likeness (QED) is 0.457. The number of nitrogens with one attached hydrogen (secondary N) is 1. The molecule has 1 amide bonds. The van der Waals surface area contributed by atoms with Crippen LogP contribution in [0.1, 0.15) is 66.7 Å². The zero-order chi connectivity index (χ0) is 19.0. The molecule has 8 nitrogen and oxygen atoms in total. The summed E-state index contributed by atoms with van der Waals surface area (Å²) in [6.07, 6.45) is 1.98. The Bertz CT molecular complexity index is 466. The van der Waals surface area contributed by atoms with Gasteiger partial charge >= 0.3 is 18.2 Å². The Morgan fingerprint density at radius 3 is 2.16 bits per heavy atom. The van der Waals surface area contributed by atoms with E-state index in [0.717, 1.165) is 32.1 Å². The van der Waals surface area contributed by atoms with Crippen LogP contribution in [0.4, 0.5) is 9.59 Å². The summed E-state index contributed by atoms with van der Waals surface area (Å²) >= 11 is 0. The van der Waals surface area contributed by atoms with E-state index in [9.17, 15) is 14.4 Å². The number of ether oxygens (including phenoxy) is 4. The largest absolute Gasteiger partial charge is 0.511 e. The first-order valence-corrected chi connectivity index (χ1v) is 8.64. The Morgan fingerprint density at radius 1 is 1.00 bits per heavy atom. The number of carbonyl (C=O) groups excluding carboxylic acids is 3. The van der Waals surface area contributed by atoms with E-state index in [-0.39, 0.29) is 6.10 Å². The summed E-state index contributed by atoms with van der Waals surface area (Å²) in [6, 6.07) is -0.949. The Balaban J connectivity index is 2.31. The first-order valence-electron chi connectivity index (χ1n) is 8.64. The third-order valence-electron chi connectivity index (χ3n) is 3.45. The van der Waals surface area contributed by atoms with Gasteiger partial charge in [-0.1, -0.05) is 6.42 Å². The normalized spacial score (nSPS) is 17.8. The van der Waals surface area contributed by atoms with Gasteiger partial charge in [-0.15, -0.1) is 0 Å². The lowest BCUT2D eigenvalue weighted by Gasteiger charge is -2.23. The van der Waals surface area contributed by atoms with Crippen LogP contribution in [0.15, 0.2) is 0 Å². The van der Waals surface area contributed by atoms with Gasteiger partial charge in [0.05, 0.1) is 0 Å². The molecule has 8 heteroatoms. The Labute approximate surface area is 148 Å². The molecule has 144 valence electrons. The van der Waals surface area contributed by atoms with Gasteiger partial charge in [0, 0.05) is 6.92 Å². The van der Waals surface area contributed by atoms with Gasteiger partial charge in [0.1, 0.15) is 17.7 Å². The highest BCUT2D eigenvalue weighted by Gasteiger charge is 2.25. The number of esters is 1. The molecule has 0 aliphatic heterocycles. The highest BCUT2D eigenvalue weighted by Crippen LogP contribution is 2.20. The minimum absolute atomic E-state index is 0.142. The highest BCUT2D eigenvalue weighted by atomic mass is 16.8. The molecular formula is C17H29NO7. The lowest BCUT2D eigenvalue weighted by atomic mass is 9.98. The van der Waals surface area contributed by atoms with E-state index in [1.165, 1.54) is 13.8 Å². The van der Waals surface area contributed by atoms with Crippen molar-refractivity contribution in [1.82, 2.24) is 5.32 Å². The molecule has 1 rings (SSSR count). The van der Waals surface area contributed by atoms with Gasteiger partial charge < -0.3 is 24.3 Å². The second-order valence-corrected chi connectivity index (χ2v) is 7.12. The lowest BCUT2D eigenvalue weighted by Crippen LogP contribution is -2.43. The van der Waals surface area contributed by atoms with Crippen LogP contribution in [-0.2, 0) is 23.7 Å². The molecule has 0 aromatic carbocycles. The molecule has 1 unspecified atom stereocenters. The number of carbonyl (C=O) groups is 3. The lowest BCUT2D eigenvalue weighted by molar-refractivity contribution is -0.171. The van der Waals surface area contributed by atoms with E-state index in [1.54, 1.807) is 20.8 Å². The molecule has 25 heavy (non-hydrogen) atoms. The van der Waals surface area contributed by atoms with Crippen LogP contribution < -0.4 is 5.32 Å². The van der Waals surface area contributed by atoms with Gasteiger partial charge in [0.2, 0.25) is 6.29 Å². The Kier molecular flexibility index (Phi) is 7.99. The maximum Gasteiger partial charge on any atom is 0.511 e. The number of alkyl carbamates (subject to hydrolysis) is 1. The third kappa shape index (κ3) is 9.16.